The standard InChI is InChI=1S/C20H12ClNO3S/c21-12-6-8-15(16(10-12)20(23)24)19-22-17-9-7-14(11-18(17)26-19)25-13-4-2-1-3-5-13/h1-11H,(H,23,24). The molecule has 3 aromatic carbocycles. The Morgan fingerprint density at radius 1 is 1.00 bits per heavy atom. The summed E-state index contributed by atoms with van der Waals surface area (Å²) in [5, 5.41) is 10.4. The first-order valence-corrected chi connectivity index (χ1v) is 8.96. The number of carboxylic acid groups (broad SMARTS) is 1. The Hall–Kier alpha value is -2.89. The normalized spacial score (nSPS) is 10.8. The van der Waals surface area contributed by atoms with Gasteiger partial charge in [0.2, 0.25) is 0 Å². The average molecular weight is 382 g/mol. The smallest absolute Gasteiger partial charge is 0.336 e. The van der Waals surface area contributed by atoms with E-state index in [0.717, 1.165) is 16.0 Å². The molecule has 0 unspecified atom stereocenters. The van der Waals surface area contributed by atoms with E-state index in [1.165, 1.54) is 17.4 Å². The number of aromatic carboxylic acids is 1. The number of hydrogen-bond acceptors (Lipinski definition) is 4. The second kappa shape index (κ2) is 6.78. The minimum absolute atomic E-state index is 0.136. The highest BCUT2D eigenvalue weighted by Crippen LogP contribution is 2.35. The molecule has 4 nitrogen and oxygen atoms in total. The Balaban J connectivity index is 1.74. The van der Waals surface area contributed by atoms with Gasteiger partial charge in [-0.25, -0.2) is 9.78 Å². The van der Waals surface area contributed by atoms with Gasteiger partial charge in [0, 0.05) is 16.7 Å². The molecule has 0 aliphatic carbocycles. The molecule has 0 radical (unpaired) electrons. The summed E-state index contributed by atoms with van der Waals surface area (Å²) in [6.07, 6.45) is 0. The SMILES string of the molecule is O=C(O)c1cc(Cl)ccc1-c1nc2ccc(Oc3ccccc3)cc2s1. The molecular weight excluding hydrogens is 370 g/mol. The molecule has 0 aliphatic rings. The van der Waals surface area contributed by atoms with E-state index < -0.39 is 5.97 Å². The number of thiazole rings is 1. The predicted octanol–water partition coefficient (Wildman–Crippen LogP) is 6.11. The minimum Gasteiger partial charge on any atom is -0.478 e. The molecule has 0 saturated heterocycles. The summed E-state index contributed by atoms with van der Waals surface area (Å²) < 4.78 is 6.76. The van der Waals surface area contributed by atoms with Crippen molar-refractivity contribution in [2.24, 2.45) is 0 Å². The Morgan fingerprint density at radius 2 is 1.81 bits per heavy atom. The van der Waals surface area contributed by atoms with Gasteiger partial charge in [-0.05, 0) is 42.5 Å². The molecule has 4 rings (SSSR count). The maximum absolute atomic E-state index is 11.5. The zero-order valence-corrected chi connectivity index (χ0v) is 14.9. The maximum Gasteiger partial charge on any atom is 0.336 e. The third-order valence-electron chi connectivity index (χ3n) is 3.78. The number of aromatic nitrogens is 1. The van der Waals surface area contributed by atoms with Crippen molar-refractivity contribution in [3.63, 3.8) is 0 Å². The molecule has 0 atom stereocenters. The van der Waals surface area contributed by atoms with Crippen molar-refractivity contribution >= 4 is 39.1 Å². The third-order valence-corrected chi connectivity index (χ3v) is 5.07. The van der Waals surface area contributed by atoms with Gasteiger partial charge in [-0.2, -0.15) is 0 Å². The molecule has 1 N–H and O–H groups in total. The molecule has 0 bridgehead atoms. The van der Waals surface area contributed by atoms with E-state index in [4.69, 9.17) is 16.3 Å². The Morgan fingerprint density at radius 3 is 2.58 bits per heavy atom. The lowest BCUT2D eigenvalue weighted by Crippen LogP contribution is -1.99. The summed E-state index contributed by atoms with van der Waals surface area (Å²) in [5.41, 5.74) is 1.47. The van der Waals surface area contributed by atoms with Crippen LogP contribution < -0.4 is 4.74 Å². The van der Waals surface area contributed by atoms with Gasteiger partial charge in [0.1, 0.15) is 16.5 Å². The van der Waals surface area contributed by atoms with Gasteiger partial charge >= 0.3 is 5.97 Å². The number of para-hydroxylation sites is 1. The first-order chi connectivity index (χ1) is 12.6. The summed E-state index contributed by atoms with van der Waals surface area (Å²) in [6.45, 7) is 0. The van der Waals surface area contributed by atoms with Crippen molar-refractivity contribution in [1.29, 1.82) is 0 Å². The summed E-state index contributed by atoms with van der Waals surface area (Å²) >= 11 is 7.34. The fourth-order valence-electron chi connectivity index (χ4n) is 2.59. The summed E-state index contributed by atoms with van der Waals surface area (Å²) in [7, 11) is 0. The molecular formula is C20H12ClNO3S. The van der Waals surface area contributed by atoms with Crippen LogP contribution in [0.15, 0.2) is 66.7 Å². The van der Waals surface area contributed by atoms with Crippen molar-refractivity contribution in [2.75, 3.05) is 0 Å². The number of fused-ring (bicyclic) bond motifs is 1. The van der Waals surface area contributed by atoms with Gasteiger partial charge in [0.25, 0.3) is 0 Å². The van der Waals surface area contributed by atoms with Gasteiger partial charge in [0.15, 0.2) is 0 Å². The van der Waals surface area contributed by atoms with Crippen LogP contribution in [0.3, 0.4) is 0 Å². The topological polar surface area (TPSA) is 59.4 Å². The van der Waals surface area contributed by atoms with Crippen LogP contribution in [0, 0.1) is 0 Å². The third kappa shape index (κ3) is 3.27. The zero-order chi connectivity index (χ0) is 18.1. The quantitative estimate of drug-likeness (QED) is 0.463. The average Bonchev–Trinajstić information content (AvgIpc) is 3.05. The number of carbonyl (C=O) groups is 1. The summed E-state index contributed by atoms with van der Waals surface area (Å²) in [4.78, 5) is 16.1. The van der Waals surface area contributed by atoms with E-state index >= 15 is 0 Å². The van der Waals surface area contributed by atoms with Crippen molar-refractivity contribution in [3.8, 4) is 22.1 Å². The van der Waals surface area contributed by atoms with E-state index in [1.807, 2.05) is 48.5 Å². The van der Waals surface area contributed by atoms with Crippen molar-refractivity contribution in [1.82, 2.24) is 4.98 Å². The number of rotatable bonds is 4. The number of ether oxygens (including phenoxy) is 1. The van der Waals surface area contributed by atoms with Crippen molar-refractivity contribution < 1.29 is 14.6 Å². The first-order valence-electron chi connectivity index (χ1n) is 7.77. The number of carboxylic acids is 1. The Labute approximate surface area is 158 Å². The molecule has 0 spiro atoms. The highest BCUT2D eigenvalue weighted by atomic mass is 35.5. The first kappa shape index (κ1) is 16.6. The van der Waals surface area contributed by atoms with Crippen LogP contribution in [-0.4, -0.2) is 16.1 Å². The summed E-state index contributed by atoms with van der Waals surface area (Å²) in [6, 6.07) is 19.9. The lowest BCUT2D eigenvalue weighted by Gasteiger charge is -2.04. The second-order valence-corrected chi connectivity index (χ2v) is 7.03. The second-order valence-electron chi connectivity index (χ2n) is 5.56. The van der Waals surface area contributed by atoms with Crippen LogP contribution in [0.1, 0.15) is 10.4 Å². The van der Waals surface area contributed by atoms with Gasteiger partial charge in [-0.3, -0.25) is 0 Å². The monoisotopic (exact) mass is 381 g/mol. The molecule has 128 valence electrons. The van der Waals surface area contributed by atoms with Crippen LogP contribution in [0.4, 0.5) is 0 Å². The van der Waals surface area contributed by atoms with E-state index in [2.05, 4.69) is 4.98 Å². The van der Waals surface area contributed by atoms with Crippen LogP contribution >= 0.6 is 22.9 Å². The number of hydrogen-bond donors (Lipinski definition) is 1. The van der Waals surface area contributed by atoms with E-state index in [9.17, 15) is 9.90 Å². The molecule has 0 saturated carbocycles. The molecule has 1 heterocycles. The van der Waals surface area contributed by atoms with Crippen molar-refractivity contribution in [3.05, 3.63) is 77.3 Å². The highest BCUT2D eigenvalue weighted by Gasteiger charge is 2.16. The van der Waals surface area contributed by atoms with Gasteiger partial charge in [-0.1, -0.05) is 29.8 Å². The molecule has 1 aromatic heterocycles. The molecule has 26 heavy (non-hydrogen) atoms. The lowest BCUT2D eigenvalue weighted by atomic mass is 10.1. The predicted molar refractivity (Wildman–Crippen MR) is 104 cm³/mol. The zero-order valence-electron chi connectivity index (χ0n) is 13.3. The highest BCUT2D eigenvalue weighted by molar-refractivity contribution is 7.21. The maximum atomic E-state index is 11.5. The van der Waals surface area contributed by atoms with Gasteiger partial charge in [0.05, 0.1) is 15.8 Å². The van der Waals surface area contributed by atoms with Gasteiger partial charge < -0.3 is 9.84 Å². The van der Waals surface area contributed by atoms with Crippen LogP contribution in [0.25, 0.3) is 20.8 Å². The van der Waals surface area contributed by atoms with Crippen LogP contribution in [-0.2, 0) is 0 Å². The molecule has 0 fully saturated rings. The minimum atomic E-state index is -1.03. The fraction of sp³-hybridized carbons (Fsp3) is 0. The number of halogens is 1. The Bertz CT molecular complexity index is 1110. The number of benzene rings is 3. The molecule has 4 aromatic rings. The van der Waals surface area contributed by atoms with Crippen molar-refractivity contribution in [2.45, 2.75) is 0 Å². The molecule has 6 heteroatoms. The van der Waals surface area contributed by atoms with Crippen LogP contribution in [0.5, 0.6) is 11.5 Å². The summed E-state index contributed by atoms with van der Waals surface area (Å²) in [5.74, 6) is 0.422. The van der Waals surface area contributed by atoms with E-state index in [0.29, 0.717) is 21.3 Å². The fourth-order valence-corrected chi connectivity index (χ4v) is 3.79. The lowest BCUT2D eigenvalue weighted by molar-refractivity contribution is 0.0697. The molecule has 0 aliphatic heterocycles. The van der Waals surface area contributed by atoms with E-state index in [1.54, 1.807) is 12.1 Å². The van der Waals surface area contributed by atoms with Gasteiger partial charge in [-0.15, -0.1) is 11.3 Å². The van der Waals surface area contributed by atoms with Crippen LogP contribution in [0.2, 0.25) is 5.02 Å². The van der Waals surface area contributed by atoms with E-state index in [-0.39, 0.29) is 5.56 Å². The largest absolute Gasteiger partial charge is 0.478 e. The number of nitrogens with zero attached hydrogens (tertiary/aromatic N) is 1. The molecule has 0 amide bonds. The Kier molecular flexibility index (Phi) is 4.32.